The highest BCUT2D eigenvalue weighted by Crippen LogP contribution is 2.30. The molecular weight excluding hydrogens is 226 g/mol. The summed E-state index contributed by atoms with van der Waals surface area (Å²) in [7, 11) is 1.86. The summed E-state index contributed by atoms with van der Waals surface area (Å²) < 4.78 is 1.73. The minimum Gasteiger partial charge on any atom is -0.385 e. The summed E-state index contributed by atoms with van der Waals surface area (Å²) in [5.41, 5.74) is 3.31. The fourth-order valence-corrected chi connectivity index (χ4v) is 2.58. The molecule has 2 heterocycles. The quantitative estimate of drug-likeness (QED) is 0.846. The molecule has 1 aliphatic heterocycles. The second-order valence-corrected chi connectivity index (χ2v) is 4.77. The van der Waals surface area contributed by atoms with Gasteiger partial charge in [-0.05, 0) is 30.5 Å². The summed E-state index contributed by atoms with van der Waals surface area (Å²) in [5, 5.41) is 17.9. The number of nitrogens with one attached hydrogen (secondary N) is 1. The first kappa shape index (κ1) is 11.3. The lowest BCUT2D eigenvalue weighted by Gasteiger charge is -2.30. The molecule has 1 aromatic heterocycles. The summed E-state index contributed by atoms with van der Waals surface area (Å²) in [5.74, 6) is 0. The van der Waals surface area contributed by atoms with Gasteiger partial charge < -0.3 is 10.4 Å². The van der Waals surface area contributed by atoms with Crippen LogP contribution in [-0.4, -0.2) is 20.9 Å². The van der Waals surface area contributed by atoms with Gasteiger partial charge in [0.05, 0.1) is 11.7 Å². The van der Waals surface area contributed by atoms with Crippen LogP contribution in [0, 0.1) is 0 Å². The highest BCUT2D eigenvalue weighted by Gasteiger charge is 2.26. The number of aromatic nitrogens is 2. The molecule has 2 N–H and O–H groups in total. The van der Waals surface area contributed by atoms with Crippen molar-refractivity contribution in [1.29, 1.82) is 0 Å². The van der Waals surface area contributed by atoms with Crippen LogP contribution in [0.2, 0.25) is 0 Å². The van der Waals surface area contributed by atoms with Gasteiger partial charge in [-0.15, -0.1) is 0 Å². The van der Waals surface area contributed by atoms with Crippen molar-refractivity contribution in [3.63, 3.8) is 0 Å². The van der Waals surface area contributed by atoms with Gasteiger partial charge in [0.2, 0.25) is 0 Å². The molecule has 0 radical (unpaired) electrons. The number of para-hydroxylation sites is 1. The topological polar surface area (TPSA) is 50.1 Å². The summed E-state index contributed by atoms with van der Waals surface area (Å²) >= 11 is 0. The Hall–Kier alpha value is -1.81. The molecule has 0 amide bonds. The molecule has 18 heavy (non-hydrogen) atoms. The third kappa shape index (κ3) is 1.88. The number of benzene rings is 1. The average Bonchev–Trinajstić information content (AvgIpc) is 2.83. The van der Waals surface area contributed by atoms with Gasteiger partial charge in [-0.25, -0.2) is 0 Å². The van der Waals surface area contributed by atoms with Gasteiger partial charge in [0.1, 0.15) is 6.10 Å². The van der Waals surface area contributed by atoms with Crippen molar-refractivity contribution < 1.29 is 5.11 Å². The fraction of sp³-hybridized carbons (Fsp3) is 0.357. The second-order valence-electron chi connectivity index (χ2n) is 4.77. The Labute approximate surface area is 106 Å². The molecule has 0 saturated carbocycles. The molecule has 0 aliphatic carbocycles. The highest BCUT2D eigenvalue weighted by molar-refractivity contribution is 5.54. The van der Waals surface area contributed by atoms with E-state index in [4.69, 9.17) is 0 Å². The van der Waals surface area contributed by atoms with Gasteiger partial charge in [-0.3, -0.25) is 4.68 Å². The van der Waals surface area contributed by atoms with Crippen LogP contribution in [0.3, 0.4) is 0 Å². The molecular formula is C14H17N3O. The van der Waals surface area contributed by atoms with Crippen LogP contribution in [0.25, 0.3) is 0 Å². The van der Waals surface area contributed by atoms with E-state index in [1.165, 1.54) is 5.56 Å². The van der Waals surface area contributed by atoms with Crippen LogP contribution in [0.1, 0.15) is 23.8 Å². The molecule has 0 spiro atoms. The van der Waals surface area contributed by atoms with Crippen molar-refractivity contribution in [2.45, 2.75) is 25.0 Å². The Balaban J connectivity index is 1.82. The second kappa shape index (κ2) is 4.46. The number of rotatable bonds is 2. The zero-order chi connectivity index (χ0) is 12.5. The van der Waals surface area contributed by atoms with Gasteiger partial charge in [0.25, 0.3) is 0 Å². The maximum Gasteiger partial charge on any atom is 0.116 e. The number of hydrogen-bond acceptors (Lipinski definition) is 3. The van der Waals surface area contributed by atoms with Gasteiger partial charge >= 0.3 is 0 Å². The molecule has 4 heteroatoms. The molecule has 1 aromatic carbocycles. The van der Waals surface area contributed by atoms with E-state index in [2.05, 4.69) is 28.6 Å². The number of aliphatic hydroxyl groups excluding tert-OH is 1. The van der Waals surface area contributed by atoms with E-state index in [-0.39, 0.29) is 6.04 Å². The third-order valence-corrected chi connectivity index (χ3v) is 3.63. The van der Waals surface area contributed by atoms with E-state index < -0.39 is 6.10 Å². The Morgan fingerprint density at radius 1 is 1.39 bits per heavy atom. The van der Waals surface area contributed by atoms with Crippen LogP contribution in [0.15, 0.2) is 36.5 Å². The SMILES string of the molecule is Cn1nccc1C(O)C1CCc2ccccc2N1. The lowest BCUT2D eigenvalue weighted by atomic mass is 9.94. The zero-order valence-electron chi connectivity index (χ0n) is 10.4. The Bertz CT molecular complexity index is 549. The number of nitrogens with zero attached hydrogens (tertiary/aromatic N) is 2. The summed E-state index contributed by atoms with van der Waals surface area (Å²) in [4.78, 5) is 0. The maximum absolute atomic E-state index is 10.4. The van der Waals surface area contributed by atoms with E-state index in [9.17, 15) is 5.11 Å². The number of fused-ring (bicyclic) bond motifs is 1. The molecule has 2 atom stereocenters. The van der Waals surface area contributed by atoms with Gasteiger partial charge in [-0.1, -0.05) is 18.2 Å². The number of aliphatic hydroxyl groups is 1. The molecule has 3 rings (SSSR count). The smallest absolute Gasteiger partial charge is 0.116 e. The van der Waals surface area contributed by atoms with E-state index in [0.29, 0.717) is 0 Å². The number of anilines is 1. The zero-order valence-corrected chi connectivity index (χ0v) is 10.4. The van der Waals surface area contributed by atoms with Crippen molar-refractivity contribution in [1.82, 2.24) is 9.78 Å². The molecule has 0 bridgehead atoms. The van der Waals surface area contributed by atoms with E-state index in [0.717, 1.165) is 24.2 Å². The van der Waals surface area contributed by atoms with Gasteiger partial charge in [0, 0.05) is 18.9 Å². The normalized spacial score (nSPS) is 20.0. The first-order valence-corrected chi connectivity index (χ1v) is 6.26. The van der Waals surface area contributed by atoms with Crippen molar-refractivity contribution in [2.75, 3.05) is 5.32 Å². The Morgan fingerprint density at radius 2 is 2.22 bits per heavy atom. The monoisotopic (exact) mass is 243 g/mol. The van der Waals surface area contributed by atoms with Gasteiger partial charge in [0.15, 0.2) is 0 Å². The average molecular weight is 243 g/mol. The van der Waals surface area contributed by atoms with E-state index in [1.807, 2.05) is 19.2 Å². The van der Waals surface area contributed by atoms with Crippen molar-refractivity contribution >= 4 is 5.69 Å². The van der Waals surface area contributed by atoms with Crippen LogP contribution >= 0.6 is 0 Å². The van der Waals surface area contributed by atoms with Crippen molar-refractivity contribution in [3.05, 3.63) is 47.8 Å². The summed E-state index contributed by atoms with van der Waals surface area (Å²) in [6.45, 7) is 0. The molecule has 94 valence electrons. The van der Waals surface area contributed by atoms with Crippen LogP contribution in [-0.2, 0) is 13.5 Å². The standard InChI is InChI=1S/C14H17N3O/c1-17-13(8-9-15-17)14(18)12-7-6-10-4-2-3-5-11(10)16-12/h2-5,8-9,12,14,16,18H,6-7H2,1H3. The predicted octanol–water partition coefficient (Wildman–Crippen LogP) is 1.88. The third-order valence-electron chi connectivity index (χ3n) is 3.63. The maximum atomic E-state index is 10.4. The highest BCUT2D eigenvalue weighted by atomic mass is 16.3. The van der Waals surface area contributed by atoms with Crippen molar-refractivity contribution in [3.8, 4) is 0 Å². The number of aryl methyl sites for hydroxylation is 2. The lowest BCUT2D eigenvalue weighted by Crippen LogP contribution is -2.32. The minimum atomic E-state index is -0.522. The summed E-state index contributed by atoms with van der Waals surface area (Å²) in [6, 6.07) is 10.2. The fourth-order valence-electron chi connectivity index (χ4n) is 2.58. The van der Waals surface area contributed by atoms with Gasteiger partial charge in [-0.2, -0.15) is 5.10 Å². The molecule has 2 aromatic rings. The predicted molar refractivity (Wildman–Crippen MR) is 70.3 cm³/mol. The largest absolute Gasteiger partial charge is 0.385 e. The molecule has 1 aliphatic rings. The first-order chi connectivity index (χ1) is 8.75. The molecule has 0 saturated heterocycles. The van der Waals surface area contributed by atoms with Crippen molar-refractivity contribution in [2.24, 2.45) is 7.05 Å². The van der Waals surface area contributed by atoms with E-state index >= 15 is 0 Å². The minimum absolute atomic E-state index is 0.0512. The van der Waals surface area contributed by atoms with E-state index in [1.54, 1.807) is 10.9 Å². The van der Waals surface area contributed by atoms with Crippen LogP contribution < -0.4 is 5.32 Å². The van der Waals surface area contributed by atoms with Crippen LogP contribution in [0.4, 0.5) is 5.69 Å². The van der Waals surface area contributed by atoms with Crippen LogP contribution in [0.5, 0.6) is 0 Å². The molecule has 4 nitrogen and oxygen atoms in total. The molecule has 0 fully saturated rings. The Morgan fingerprint density at radius 3 is 3.00 bits per heavy atom. The number of hydrogen-bond donors (Lipinski definition) is 2. The lowest BCUT2D eigenvalue weighted by molar-refractivity contribution is 0.140. The summed E-state index contributed by atoms with van der Waals surface area (Å²) in [6.07, 6.45) is 3.13. The Kier molecular flexibility index (Phi) is 2.80. The molecule has 2 unspecified atom stereocenters. The first-order valence-electron chi connectivity index (χ1n) is 6.26.